The number of hydrogen-bond acceptors (Lipinski definition) is 3. The van der Waals surface area contributed by atoms with Crippen LogP contribution >= 0.6 is 0 Å². The summed E-state index contributed by atoms with van der Waals surface area (Å²) in [6.07, 6.45) is 3.20. The third-order valence-electron chi connectivity index (χ3n) is 3.63. The van der Waals surface area contributed by atoms with Crippen LogP contribution < -0.4 is 5.32 Å². The molecule has 1 spiro atoms. The lowest BCUT2D eigenvalue weighted by molar-refractivity contribution is -0.145. The van der Waals surface area contributed by atoms with Gasteiger partial charge in [-0.3, -0.25) is 4.79 Å². The summed E-state index contributed by atoms with van der Waals surface area (Å²) in [6, 6.07) is 0. The number of rotatable bonds is 3. The first-order valence-corrected chi connectivity index (χ1v) is 5.77. The Bertz CT molecular complexity index is 237. The van der Waals surface area contributed by atoms with E-state index < -0.39 is 0 Å². The van der Waals surface area contributed by atoms with Crippen LogP contribution in [0.5, 0.6) is 0 Å². The fourth-order valence-corrected chi connectivity index (χ4v) is 2.71. The number of amides is 1. The molecule has 4 nitrogen and oxygen atoms in total. The van der Waals surface area contributed by atoms with Crippen molar-refractivity contribution in [3.8, 4) is 0 Å². The Morgan fingerprint density at radius 1 is 1.53 bits per heavy atom. The number of hydrogen-bond donors (Lipinski definition) is 1. The second kappa shape index (κ2) is 4.49. The van der Waals surface area contributed by atoms with Crippen molar-refractivity contribution in [2.24, 2.45) is 5.41 Å². The molecule has 86 valence electrons. The van der Waals surface area contributed by atoms with E-state index in [1.165, 1.54) is 0 Å². The number of nitrogens with one attached hydrogen (secondary N) is 1. The highest BCUT2D eigenvalue weighted by Gasteiger charge is 2.45. The van der Waals surface area contributed by atoms with Gasteiger partial charge in [-0.2, -0.15) is 0 Å². The highest BCUT2D eigenvalue weighted by Crippen LogP contribution is 2.36. The summed E-state index contributed by atoms with van der Waals surface area (Å²) >= 11 is 0. The molecule has 2 saturated heterocycles. The van der Waals surface area contributed by atoms with Crippen LogP contribution in [0.4, 0.5) is 0 Å². The van der Waals surface area contributed by atoms with E-state index in [9.17, 15) is 4.79 Å². The molecule has 4 heteroatoms. The molecule has 1 N–H and O–H groups in total. The SMILES string of the molecule is COCCN1CCC[C@@]2(CCNC2)C1=O. The van der Waals surface area contributed by atoms with E-state index in [4.69, 9.17) is 4.74 Å². The van der Waals surface area contributed by atoms with Gasteiger partial charge in [0.15, 0.2) is 0 Å². The Morgan fingerprint density at radius 2 is 2.40 bits per heavy atom. The van der Waals surface area contributed by atoms with E-state index >= 15 is 0 Å². The van der Waals surface area contributed by atoms with Gasteiger partial charge in [0.05, 0.1) is 12.0 Å². The lowest BCUT2D eigenvalue weighted by Crippen LogP contribution is -2.50. The number of ether oxygens (including phenoxy) is 1. The summed E-state index contributed by atoms with van der Waals surface area (Å²) in [5.74, 6) is 0.343. The standard InChI is InChI=1S/C11H20N2O2/c1-15-8-7-13-6-2-3-11(10(13)14)4-5-12-9-11/h12H,2-9H2,1H3/t11-/m0/s1. The van der Waals surface area contributed by atoms with Gasteiger partial charge in [0.25, 0.3) is 0 Å². The third kappa shape index (κ3) is 2.01. The van der Waals surface area contributed by atoms with Crippen LogP contribution in [0.15, 0.2) is 0 Å². The van der Waals surface area contributed by atoms with E-state index in [1.54, 1.807) is 7.11 Å². The zero-order valence-corrected chi connectivity index (χ0v) is 9.42. The summed E-state index contributed by atoms with van der Waals surface area (Å²) < 4.78 is 5.03. The number of carbonyl (C=O) groups is 1. The molecule has 1 amide bonds. The second-order valence-electron chi connectivity index (χ2n) is 4.60. The maximum absolute atomic E-state index is 12.3. The Morgan fingerprint density at radius 3 is 3.07 bits per heavy atom. The van der Waals surface area contributed by atoms with E-state index in [0.29, 0.717) is 12.5 Å². The van der Waals surface area contributed by atoms with Crippen molar-refractivity contribution in [2.45, 2.75) is 19.3 Å². The maximum Gasteiger partial charge on any atom is 0.230 e. The molecule has 1 atom stereocenters. The number of methoxy groups -OCH3 is 1. The Balaban J connectivity index is 2.00. The van der Waals surface area contributed by atoms with Gasteiger partial charge >= 0.3 is 0 Å². The zero-order valence-electron chi connectivity index (χ0n) is 9.42. The van der Waals surface area contributed by atoms with Crippen LogP contribution in [0, 0.1) is 5.41 Å². The first-order chi connectivity index (χ1) is 7.28. The fraction of sp³-hybridized carbons (Fsp3) is 0.909. The summed E-state index contributed by atoms with van der Waals surface area (Å²) in [6.45, 7) is 4.16. The topological polar surface area (TPSA) is 41.6 Å². The summed E-state index contributed by atoms with van der Waals surface area (Å²) in [4.78, 5) is 14.3. The van der Waals surface area contributed by atoms with Gasteiger partial charge in [-0.25, -0.2) is 0 Å². The summed E-state index contributed by atoms with van der Waals surface area (Å²) in [5.41, 5.74) is -0.0774. The smallest absolute Gasteiger partial charge is 0.230 e. The molecular weight excluding hydrogens is 192 g/mol. The molecule has 0 bridgehead atoms. The number of carbonyl (C=O) groups excluding carboxylic acids is 1. The number of piperidine rings is 1. The minimum absolute atomic E-state index is 0.0774. The first-order valence-electron chi connectivity index (χ1n) is 5.77. The maximum atomic E-state index is 12.3. The average Bonchev–Trinajstić information content (AvgIpc) is 2.70. The van der Waals surface area contributed by atoms with Crippen LogP contribution in [0.3, 0.4) is 0 Å². The quantitative estimate of drug-likeness (QED) is 0.728. The van der Waals surface area contributed by atoms with Gasteiger partial charge < -0.3 is 15.0 Å². The molecule has 0 saturated carbocycles. The second-order valence-corrected chi connectivity index (χ2v) is 4.60. The van der Waals surface area contributed by atoms with Crippen LogP contribution in [0.2, 0.25) is 0 Å². The first kappa shape index (κ1) is 10.9. The molecule has 15 heavy (non-hydrogen) atoms. The molecule has 0 aromatic rings. The average molecular weight is 212 g/mol. The molecule has 2 rings (SSSR count). The van der Waals surface area contributed by atoms with E-state index in [1.807, 2.05) is 4.90 Å². The lowest BCUT2D eigenvalue weighted by atomic mass is 9.78. The highest BCUT2D eigenvalue weighted by atomic mass is 16.5. The van der Waals surface area contributed by atoms with Crippen LogP contribution in [-0.2, 0) is 9.53 Å². The van der Waals surface area contributed by atoms with E-state index in [-0.39, 0.29) is 5.41 Å². The Labute approximate surface area is 91.0 Å². The Hall–Kier alpha value is -0.610. The molecule has 2 fully saturated rings. The van der Waals surface area contributed by atoms with Crippen molar-refractivity contribution in [1.82, 2.24) is 10.2 Å². The molecule has 0 unspecified atom stereocenters. The third-order valence-corrected chi connectivity index (χ3v) is 3.63. The van der Waals surface area contributed by atoms with E-state index in [0.717, 1.165) is 45.4 Å². The Kier molecular flexibility index (Phi) is 3.26. The van der Waals surface area contributed by atoms with Gasteiger partial charge in [0.1, 0.15) is 0 Å². The minimum Gasteiger partial charge on any atom is -0.383 e. The molecule has 0 aromatic heterocycles. The number of nitrogens with zero attached hydrogens (tertiary/aromatic N) is 1. The van der Waals surface area contributed by atoms with Crippen molar-refractivity contribution >= 4 is 5.91 Å². The largest absolute Gasteiger partial charge is 0.383 e. The molecule has 2 heterocycles. The van der Waals surface area contributed by atoms with Gasteiger partial charge in [-0.1, -0.05) is 0 Å². The molecule has 0 aromatic carbocycles. The van der Waals surface area contributed by atoms with E-state index in [2.05, 4.69) is 5.32 Å². The molecule has 0 radical (unpaired) electrons. The summed E-state index contributed by atoms with van der Waals surface area (Å²) in [7, 11) is 1.68. The van der Waals surface area contributed by atoms with Gasteiger partial charge in [0, 0.05) is 26.7 Å². The summed E-state index contributed by atoms with van der Waals surface area (Å²) in [5, 5.41) is 3.31. The molecule has 2 aliphatic heterocycles. The van der Waals surface area contributed by atoms with Gasteiger partial charge in [-0.15, -0.1) is 0 Å². The predicted octanol–water partition coefficient (Wildman–Crippen LogP) is 0.235. The van der Waals surface area contributed by atoms with Gasteiger partial charge in [0.2, 0.25) is 5.91 Å². The van der Waals surface area contributed by atoms with Crippen molar-refractivity contribution in [2.75, 3.05) is 39.9 Å². The zero-order chi connectivity index (χ0) is 10.7. The van der Waals surface area contributed by atoms with Crippen molar-refractivity contribution in [1.29, 1.82) is 0 Å². The predicted molar refractivity (Wildman–Crippen MR) is 57.6 cm³/mol. The lowest BCUT2D eigenvalue weighted by Gasteiger charge is -2.38. The monoisotopic (exact) mass is 212 g/mol. The molecule has 2 aliphatic rings. The van der Waals surface area contributed by atoms with Crippen molar-refractivity contribution < 1.29 is 9.53 Å². The van der Waals surface area contributed by atoms with Crippen molar-refractivity contribution in [3.05, 3.63) is 0 Å². The van der Waals surface area contributed by atoms with Crippen LogP contribution in [0.25, 0.3) is 0 Å². The van der Waals surface area contributed by atoms with Crippen LogP contribution in [-0.4, -0.2) is 50.7 Å². The molecular formula is C11H20N2O2. The van der Waals surface area contributed by atoms with Crippen LogP contribution in [0.1, 0.15) is 19.3 Å². The van der Waals surface area contributed by atoms with Crippen molar-refractivity contribution in [3.63, 3.8) is 0 Å². The normalized spacial score (nSPS) is 31.5. The highest BCUT2D eigenvalue weighted by molar-refractivity contribution is 5.84. The fourth-order valence-electron chi connectivity index (χ4n) is 2.71. The minimum atomic E-state index is -0.0774. The molecule has 0 aliphatic carbocycles. The van der Waals surface area contributed by atoms with Gasteiger partial charge in [-0.05, 0) is 25.8 Å². The number of likely N-dealkylation sites (tertiary alicyclic amines) is 1.